The Hall–Kier alpha value is -0.926. The van der Waals surface area contributed by atoms with Gasteiger partial charge in [-0.3, -0.25) is 4.79 Å². The summed E-state index contributed by atoms with van der Waals surface area (Å²) in [6.07, 6.45) is 1.66. The lowest BCUT2D eigenvalue weighted by molar-refractivity contribution is -0.147. The van der Waals surface area contributed by atoms with Crippen molar-refractivity contribution in [3.8, 4) is 0 Å². The van der Waals surface area contributed by atoms with Crippen LogP contribution < -0.4 is 0 Å². The third kappa shape index (κ3) is 12.1. The van der Waals surface area contributed by atoms with Gasteiger partial charge in [0, 0.05) is 5.57 Å². The number of hydrogen-bond acceptors (Lipinski definition) is 5. The molecule has 0 unspecified atom stereocenters. The van der Waals surface area contributed by atoms with Crippen LogP contribution in [0.2, 0.25) is 38.3 Å². The Balaban J connectivity index is 4.12. The van der Waals surface area contributed by atoms with E-state index in [1.54, 1.807) is 6.92 Å². The molecular formula is C18H36O5Si2. The van der Waals surface area contributed by atoms with Crippen LogP contribution in [0.15, 0.2) is 12.2 Å². The Kier molecular flexibility index (Phi) is 10.5. The van der Waals surface area contributed by atoms with E-state index >= 15 is 0 Å². The number of hydrogen-bond donors (Lipinski definition) is 0. The number of esters is 2. The minimum absolute atomic E-state index is 0.0770. The topological polar surface area (TPSA) is 61.8 Å². The van der Waals surface area contributed by atoms with Crippen LogP contribution in [0.1, 0.15) is 33.6 Å². The molecule has 0 N–H and O–H groups in total. The summed E-state index contributed by atoms with van der Waals surface area (Å²) >= 11 is 0. The third-order valence-corrected chi connectivity index (χ3v) is 11.2. The highest BCUT2D eigenvalue weighted by Crippen LogP contribution is 2.24. The van der Waals surface area contributed by atoms with Gasteiger partial charge >= 0.3 is 11.9 Å². The maximum atomic E-state index is 11.5. The van der Waals surface area contributed by atoms with Crippen LogP contribution in [0, 0.1) is 5.92 Å². The standard InChI is InChI=1S/C18H36O5Si2/c1-15(2)17(19)21-11-9-13-24(5,6)23-25(7,8)14-10-12-22-18(20)16(3)4/h16H,1,9-14H2,2-8H3. The molecule has 0 aromatic heterocycles. The quantitative estimate of drug-likeness (QED) is 0.213. The van der Waals surface area contributed by atoms with E-state index in [1.165, 1.54) is 0 Å². The lowest BCUT2D eigenvalue weighted by Gasteiger charge is -2.34. The van der Waals surface area contributed by atoms with Crippen LogP contribution >= 0.6 is 0 Å². The van der Waals surface area contributed by atoms with Crippen molar-refractivity contribution in [2.75, 3.05) is 13.2 Å². The minimum atomic E-state index is -1.80. The van der Waals surface area contributed by atoms with E-state index in [0.717, 1.165) is 24.9 Å². The van der Waals surface area contributed by atoms with Gasteiger partial charge in [-0.25, -0.2) is 4.79 Å². The molecule has 0 atom stereocenters. The van der Waals surface area contributed by atoms with Crippen molar-refractivity contribution in [3.05, 3.63) is 12.2 Å². The highest BCUT2D eigenvalue weighted by atomic mass is 28.4. The summed E-state index contributed by atoms with van der Waals surface area (Å²) in [6, 6.07) is 1.93. The molecule has 0 fully saturated rings. The zero-order chi connectivity index (χ0) is 19.7. The molecule has 0 aromatic rings. The molecule has 0 rings (SSSR count). The molecule has 7 heteroatoms. The lowest BCUT2D eigenvalue weighted by Crippen LogP contribution is -2.44. The molecule has 0 amide bonds. The van der Waals surface area contributed by atoms with Gasteiger partial charge in [0.25, 0.3) is 0 Å². The second-order valence-corrected chi connectivity index (χ2v) is 16.9. The Morgan fingerprint density at radius 1 is 0.920 bits per heavy atom. The van der Waals surface area contributed by atoms with Crippen LogP contribution in [0.3, 0.4) is 0 Å². The number of carbonyl (C=O) groups excluding carboxylic acids is 2. The molecule has 0 spiro atoms. The van der Waals surface area contributed by atoms with Crippen LogP contribution in [0.5, 0.6) is 0 Å². The molecule has 0 saturated carbocycles. The van der Waals surface area contributed by atoms with Crippen LogP contribution in [-0.4, -0.2) is 41.8 Å². The predicted octanol–water partition coefficient (Wildman–Crippen LogP) is 4.51. The highest BCUT2D eigenvalue weighted by molar-refractivity contribution is 6.84. The monoisotopic (exact) mass is 388 g/mol. The second-order valence-electron chi connectivity index (χ2n) is 8.07. The fourth-order valence-corrected chi connectivity index (χ4v) is 11.3. The van der Waals surface area contributed by atoms with Gasteiger partial charge in [-0.05, 0) is 58.0 Å². The summed E-state index contributed by atoms with van der Waals surface area (Å²) in [6.45, 7) is 18.6. The van der Waals surface area contributed by atoms with Crippen molar-refractivity contribution in [2.24, 2.45) is 5.92 Å². The van der Waals surface area contributed by atoms with E-state index in [9.17, 15) is 9.59 Å². The summed E-state index contributed by atoms with van der Waals surface area (Å²) in [5.41, 5.74) is 0.430. The molecule has 0 saturated heterocycles. The Morgan fingerprint density at radius 2 is 1.36 bits per heavy atom. The maximum Gasteiger partial charge on any atom is 0.333 e. The molecule has 0 aliphatic rings. The number of carbonyl (C=O) groups is 2. The maximum absolute atomic E-state index is 11.5. The van der Waals surface area contributed by atoms with Crippen molar-refractivity contribution < 1.29 is 23.2 Å². The molecule has 5 nitrogen and oxygen atoms in total. The first-order chi connectivity index (χ1) is 11.4. The van der Waals surface area contributed by atoms with Crippen molar-refractivity contribution in [2.45, 2.75) is 71.9 Å². The molecule has 0 bridgehead atoms. The van der Waals surface area contributed by atoms with Crippen LogP contribution in [0.25, 0.3) is 0 Å². The summed E-state index contributed by atoms with van der Waals surface area (Å²) in [5, 5.41) is 0. The van der Waals surface area contributed by atoms with E-state index in [-0.39, 0.29) is 17.9 Å². The zero-order valence-electron chi connectivity index (χ0n) is 17.1. The minimum Gasteiger partial charge on any atom is -0.465 e. The largest absolute Gasteiger partial charge is 0.465 e. The number of rotatable bonds is 12. The molecule has 0 heterocycles. The first kappa shape index (κ1) is 24.1. The zero-order valence-corrected chi connectivity index (χ0v) is 19.1. The summed E-state index contributed by atoms with van der Waals surface area (Å²) < 4.78 is 16.9. The molecule has 0 aromatic carbocycles. The summed E-state index contributed by atoms with van der Waals surface area (Å²) in [4.78, 5) is 22.8. The van der Waals surface area contributed by atoms with Gasteiger partial charge in [0.2, 0.25) is 0 Å². The Bertz CT molecular complexity index is 458. The van der Waals surface area contributed by atoms with E-state index in [1.807, 2.05) is 13.8 Å². The highest BCUT2D eigenvalue weighted by Gasteiger charge is 2.32. The smallest absolute Gasteiger partial charge is 0.333 e. The van der Waals surface area contributed by atoms with E-state index in [4.69, 9.17) is 13.6 Å². The van der Waals surface area contributed by atoms with Crippen molar-refractivity contribution >= 4 is 28.6 Å². The van der Waals surface area contributed by atoms with Crippen LogP contribution in [0.4, 0.5) is 0 Å². The van der Waals surface area contributed by atoms with Gasteiger partial charge in [-0.2, -0.15) is 0 Å². The fraction of sp³-hybridized carbons (Fsp3) is 0.778. The van der Waals surface area contributed by atoms with E-state index in [2.05, 4.69) is 32.8 Å². The van der Waals surface area contributed by atoms with E-state index in [0.29, 0.717) is 18.8 Å². The first-order valence-corrected chi connectivity index (χ1v) is 15.3. The van der Waals surface area contributed by atoms with Gasteiger partial charge < -0.3 is 13.6 Å². The third-order valence-electron chi connectivity index (χ3n) is 3.70. The van der Waals surface area contributed by atoms with Crippen molar-refractivity contribution in [1.29, 1.82) is 0 Å². The average Bonchev–Trinajstić information content (AvgIpc) is 2.46. The molecule has 0 aliphatic heterocycles. The Labute approximate surface area is 155 Å². The summed E-state index contributed by atoms with van der Waals surface area (Å²) in [5.74, 6) is -0.544. The lowest BCUT2D eigenvalue weighted by atomic mass is 10.2. The fourth-order valence-electron chi connectivity index (χ4n) is 2.47. The summed E-state index contributed by atoms with van der Waals surface area (Å²) in [7, 11) is -3.59. The predicted molar refractivity (Wildman–Crippen MR) is 106 cm³/mol. The van der Waals surface area contributed by atoms with Crippen LogP contribution in [-0.2, 0) is 23.2 Å². The average molecular weight is 389 g/mol. The van der Waals surface area contributed by atoms with E-state index < -0.39 is 16.6 Å². The molecule has 0 aliphatic carbocycles. The molecule has 25 heavy (non-hydrogen) atoms. The first-order valence-electron chi connectivity index (χ1n) is 9.06. The van der Waals surface area contributed by atoms with Crippen molar-refractivity contribution in [1.82, 2.24) is 0 Å². The molecular weight excluding hydrogens is 352 g/mol. The molecule has 0 radical (unpaired) electrons. The van der Waals surface area contributed by atoms with Gasteiger partial charge in [0.05, 0.1) is 19.1 Å². The van der Waals surface area contributed by atoms with Crippen molar-refractivity contribution in [3.63, 3.8) is 0 Å². The molecule has 146 valence electrons. The SMILES string of the molecule is C=C(C)C(=O)OCCC[Si](C)(C)O[Si](C)(C)CCCOC(=O)C(C)C. The Morgan fingerprint density at radius 3 is 1.76 bits per heavy atom. The second kappa shape index (κ2) is 10.9. The van der Waals surface area contributed by atoms with Gasteiger partial charge in [-0.15, -0.1) is 0 Å². The number of ether oxygens (including phenoxy) is 2. The van der Waals surface area contributed by atoms with Gasteiger partial charge in [0.1, 0.15) is 0 Å². The normalized spacial score (nSPS) is 12.2. The van der Waals surface area contributed by atoms with Gasteiger partial charge in [0.15, 0.2) is 16.6 Å². The van der Waals surface area contributed by atoms with Gasteiger partial charge in [-0.1, -0.05) is 20.4 Å².